The molecule has 4 rings (SSSR count). The Morgan fingerprint density at radius 3 is 2.55 bits per heavy atom. The van der Waals surface area contributed by atoms with Crippen molar-refractivity contribution in [2.45, 2.75) is 37.8 Å². The summed E-state index contributed by atoms with van der Waals surface area (Å²) in [5.74, 6) is 0.149. The summed E-state index contributed by atoms with van der Waals surface area (Å²) in [4.78, 5) is 10.9. The van der Waals surface area contributed by atoms with Gasteiger partial charge >= 0.3 is 171 Å². The molecule has 2 heterocycles. The van der Waals surface area contributed by atoms with Gasteiger partial charge in [-0.3, -0.25) is 0 Å². The monoisotopic (exact) mass is 420 g/mol. The van der Waals surface area contributed by atoms with Gasteiger partial charge in [0.2, 0.25) is 0 Å². The van der Waals surface area contributed by atoms with Crippen LogP contribution in [0.1, 0.15) is 18.4 Å². The molecule has 150 valence electrons. The second-order valence-electron chi connectivity index (χ2n) is 6.94. The van der Waals surface area contributed by atoms with Gasteiger partial charge in [0.05, 0.1) is 0 Å². The number of anilines is 2. The normalized spacial score (nSPS) is 18.7. The van der Waals surface area contributed by atoms with E-state index in [-0.39, 0.29) is 22.7 Å². The first-order valence-corrected chi connectivity index (χ1v) is 9.43. The molecule has 1 aliphatic heterocycles. The number of hydrogen-bond acceptors (Lipinski definition) is 5. The van der Waals surface area contributed by atoms with Gasteiger partial charge in [0, 0.05) is 0 Å². The predicted octanol–water partition coefficient (Wildman–Crippen LogP) is 3.73. The molecule has 0 radical (unpaired) electrons. The van der Waals surface area contributed by atoms with Gasteiger partial charge in [-0.1, -0.05) is 0 Å². The van der Waals surface area contributed by atoms with E-state index in [9.17, 15) is 18.3 Å². The van der Waals surface area contributed by atoms with Crippen LogP contribution in [0.2, 0.25) is 5.15 Å². The van der Waals surface area contributed by atoms with E-state index >= 15 is 0 Å². The Balaban J connectivity index is 1.86. The molecule has 0 amide bonds. The van der Waals surface area contributed by atoms with Crippen LogP contribution in [0.15, 0.2) is 41.4 Å². The SMILES string of the molecule is C=BN(Cc1ccccc1)c1cc(Cl)nc2c1N=C(C(F)(F)F)C(O)N2C1CC1. The average molecular weight is 421 g/mol. The van der Waals surface area contributed by atoms with Crippen molar-refractivity contribution in [3.05, 3.63) is 47.1 Å². The minimum absolute atomic E-state index is 0.0229. The predicted molar refractivity (Wildman–Crippen MR) is 109 cm³/mol. The number of fused-ring (bicyclic) bond motifs is 1. The summed E-state index contributed by atoms with van der Waals surface area (Å²) in [5, 5.41) is 10.5. The molecule has 1 atom stereocenters. The minimum atomic E-state index is -4.78. The number of aliphatic hydroxyl groups is 1. The number of alkyl halides is 3. The number of aromatic nitrogens is 1. The first kappa shape index (κ1) is 19.9. The first-order chi connectivity index (χ1) is 13.8. The molecule has 1 saturated carbocycles. The quantitative estimate of drug-likeness (QED) is 0.592. The summed E-state index contributed by atoms with van der Waals surface area (Å²) in [6, 6.07) is 10.6. The summed E-state index contributed by atoms with van der Waals surface area (Å²) in [6.45, 7) is 4.15. The van der Waals surface area contributed by atoms with Crippen LogP contribution in [0.5, 0.6) is 0 Å². The third-order valence-electron chi connectivity index (χ3n) is 4.86. The zero-order valence-corrected chi connectivity index (χ0v) is 16.0. The van der Waals surface area contributed by atoms with E-state index in [1.54, 1.807) is 4.81 Å². The van der Waals surface area contributed by atoms with Crippen LogP contribution in [0.4, 0.5) is 30.4 Å². The molecular weight excluding hydrogens is 403 g/mol. The van der Waals surface area contributed by atoms with Crippen molar-refractivity contribution >= 4 is 48.0 Å². The van der Waals surface area contributed by atoms with Crippen molar-refractivity contribution < 1.29 is 18.3 Å². The number of aliphatic hydroxyl groups excluding tert-OH is 1. The molecule has 10 heteroatoms. The van der Waals surface area contributed by atoms with Gasteiger partial charge in [0.15, 0.2) is 0 Å². The molecule has 1 unspecified atom stereocenters. The van der Waals surface area contributed by atoms with E-state index in [1.807, 2.05) is 30.3 Å². The Hall–Kier alpha value is -2.39. The van der Waals surface area contributed by atoms with Crippen molar-refractivity contribution in [2.24, 2.45) is 4.99 Å². The number of benzene rings is 1. The summed E-state index contributed by atoms with van der Waals surface area (Å²) in [7, 11) is 1.51. The summed E-state index contributed by atoms with van der Waals surface area (Å²) in [6.07, 6.45) is -5.36. The number of halogens is 4. The number of pyridine rings is 1. The van der Waals surface area contributed by atoms with Crippen LogP contribution in [0.25, 0.3) is 0 Å². The fourth-order valence-electron chi connectivity index (χ4n) is 3.38. The molecule has 1 aromatic carbocycles. The summed E-state index contributed by atoms with van der Waals surface area (Å²) < 4.78 is 40.8. The standard InChI is InChI=1S/C19H17BClF3N4O/c1-20-27(10-11-5-3-2-4-6-11)13-9-14(21)25-17-15(13)26-16(19(22,23)24)18(29)28(17)12-7-8-12/h2-6,9,12,18,29H,1,7-8,10H2. The zero-order chi connectivity index (χ0) is 20.8. The number of nitrogens with zero attached hydrogens (tertiary/aromatic N) is 4. The van der Waals surface area contributed by atoms with Crippen LogP contribution >= 0.6 is 11.6 Å². The fourth-order valence-corrected chi connectivity index (χ4v) is 3.56. The fraction of sp³-hybridized carbons (Fsp3) is 0.316. The third kappa shape index (κ3) is 3.89. The first-order valence-electron chi connectivity index (χ1n) is 9.05. The Labute approximate surface area is 171 Å². The van der Waals surface area contributed by atoms with Gasteiger partial charge in [0.25, 0.3) is 0 Å². The van der Waals surface area contributed by atoms with Crippen molar-refractivity contribution in [1.82, 2.24) is 4.98 Å². The molecule has 1 fully saturated rings. The van der Waals surface area contributed by atoms with Crippen LogP contribution in [-0.2, 0) is 6.54 Å². The molecule has 1 aliphatic carbocycles. The van der Waals surface area contributed by atoms with E-state index in [0.29, 0.717) is 25.1 Å². The number of hydrogen-bond donors (Lipinski definition) is 1. The molecule has 29 heavy (non-hydrogen) atoms. The van der Waals surface area contributed by atoms with Crippen molar-refractivity contribution in [1.29, 1.82) is 0 Å². The Morgan fingerprint density at radius 1 is 1.28 bits per heavy atom. The summed E-state index contributed by atoms with van der Waals surface area (Å²) >= 11 is 6.20. The van der Waals surface area contributed by atoms with Gasteiger partial charge in [-0.25, -0.2) is 0 Å². The van der Waals surface area contributed by atoms with Crippen LogP contribution < -0.4 is 9.71 Å². The maximum atomic E-state index is 13.6. The summed E-state index contributed by atoms with van der Waals surface area (Å²) in [5.41, 5.74) is 0.0444. The third-order valence-corrected chi connectivity index (χ3v) is 5.06. The van der Waals surface area contributed by atoms with Gasteiger partial charge in [-0.05, 0) is 0 Å². The van der Waals surface area contributed by atoms with Crippen LogP contribution in [0.3, 0.4) is 0 Å². The van der Waals surface area contributed by atoms with Crippen LogP contribution in [0, 0.1) is 0 Å². The topological polar surface area (TPSA) is 52.0 Å². The Bertz CT molecular complexity index is 966. The van der Waals surface area contributed by atoms with Crippen molar-refractivity contribution in [3.8, 4) is 0 Å². The molecule has 1 N–H and O–H groups in total. The molecule has 5 nitrogen and oxygen atoms in total. The van der Waals surface area contributed by atoms with Crippen molar-refractivity contribution in [3.63, 3.8) is 0 Å². The molecule has 0 bridgehead atoms. The number of rotatable bonds is 5. The van der Waals surface area contributed by atoms with E-state index in [4.69, 9.17) is 11.6 Å². The molecule has 1 aromatic heterocycles. The maximum absolute atomic E-state index is 13.6. The second-order valence-corrected chi connectivity index (χ2v) is 7.33. The molecule has 0 spiro atoms. The zero-order valence-electron chi connectivity index (χ0n) is 15.3. The van der Waals surface area contributed by atoms with Gasteiger partial charge in [-0.15, -0.1) is 0 Å². The van der Waals surface area contributed by atoms with Crippen LogP contribution in [-0.4, -0.2) is 47.8 Å². The van der Waals surface area contributed by atoms with Gasteiger partial charge in [0.1, 0.15) is 0 Å². The van der Waals surface area contributed by atoms with Gasteiger partial charge in [-0.2, -0.15) is 0 Å². The Morgan fingerprint density at radius 2 is 1.97 bits per heavy atom. The Kier molecular flexibility index (Phi) is 5.12. The van der Waals surface area contributed by atoms with E-state index in [0.717, 1.165) is 5.56 Å². The average Bonchev–Trinajstić information content (AvgIpc) is 3.50. The van der Waals surface area contributed by atoms with E-state index < -0.39 is 18.1 Å². The van der Waals surface area contributed by atoms with E-state index in [1.165, 1.54) is 18.0 Å². The molecule has 2 aliphatic rings. The van der Waals surface area contributed by atoms with E-state index in [2.05, 4.69) is 16.4 Å². The molecule has 2 aromatic rings. The van der Waals surface area contributed by atoms with Crippen molar-refractivity contribution in [2.75, 3.05) is 9.71 Å². The second kappa shape index (κ2) is 7.46. The number of aliphatic imine (C=N–C) groups is 1. The molecular formula is C19H17BClF3N4O. The van der Waals surface area contributed by atoms with Gasteiger partial charge < -0.3 is 0 Å². The molecule has 0 saturated heterocycles.